The molecule has 0 radical (unpaired) electrons. The highest BCUT2D eigenvalue weighted by Gasteiger charge is 1.93. The summed E-state index contributed by atoms with van der Waals surface area (Å²) in [6.07, 6.45) is -0.281. The molecule has 44 valence electrons. The summed E-state index contributed by atoms with van der Waals surface area (Å²) in [6, 6.07) is 0. The standard InChI is InChI=1S/C3H8INO2/c1-3(7-5)6-2-4/h3H,2,5H2,1H3. The van der Waals surface area contributed by atoms with Gasteiger partial charge in [-0.2, -0.15) is 0 Å². The van der Waals surface area contributed by atoms with Crippen LogP contribution in [0.1, 0.15) is 6.92 Å². The molecule has 1 unspecified atom stereocenters. The maximum Gasteiger partial charge on any atom is 0.175 e. The lowest BCUT2D eigenvalue weighted by atomic mass is 10.8. The molecule has 0 aliphatic carbocycles. The predicted molar refractivity (Wildman–Crippen MR) is 34.7 cm³/mol. The Kier molecular flexibility index (Phi) is 5.18. The molecule has 0 aliphatic rings. The molecule has 0 amide bonds. The molecule has 0 aromatic carbocycles. The van der Waals surface area contributed by atoms with Gasteiger partial charge in [0, 0.05) is 0 Å². The lowest BCUT2D eigenvalue weighted by Crippen LogP contribution is -2.15. The second kappa shape index (κ2) is 4.76. The fraction of sp³-hybridized carbons (Fsp3) is 1.00. The van der Waals surface area contributed by atoms with Gasteiger partial charge in [0.25, 0.3) is 0 Å². The Morgan fingerprint density at radius 3 is 2.57 bits per heavy atom. The van der Waals surface area contributed by atoms with Crippen molar-refractivity contribution in [2.45, 2.75) is 13.2 Å². The van der Waals surface area contributed by atoms with E-state index in [4.69, 9.17) is 10.6 Å². The van der Waals surface area contributed by atoms with E-state index in [0.717, 1.165) is 0 Å². The highest BCUT2D eigenvalue weighted by atomic mass is 127. The van der Waals surface area contributed by atoms with Crippen molar-refractivity contribution in [1.82, 2.24) is 0 Å². The van der Waals surface area contributed by atoms with E-state index in [0.29, 0.717) is 4.61 Å². The Balaban J connectivity index is 2.83. The molecule has 0 spiro atoms. The SMILES string of the molecule is CC(ON)OCI. The van der Waals surface area contributed by atoms with Gasteiger partial charge in [0.2, 0.25) is 0 Å². The lowest BCUT2D eigenvalue weighted by molar-refractivity contribution is -0.115. The lowest BCUT2D eigenvalue weighted by Gasteiger charge is -2.04. The summed E-state index contributed by atoms with van der Waals surface area (Å²) in [5.74, 6) is 4.73. The van der Waals surface area contributed by atoms with E-state index in [-0.39, 0.29) is 6.29 Å². The quantitative estimate of drug-likeness (QED) is 0.326. The zero-order valence-corrected chi connectivity index (χ0v) is 6.21. The number of halogens is 1. The topological polar surface area (TPSA) is 44.5 Å². The first-order chi connectivity index (χ1) is 3.31. The highest BCUT2D eigenvalue weighted by Crippen LogP contribution is 1.91. The molecule has 0 aromatic rings. The van der Waals surface area contributed by atoms with Crippen molar-refractivity contribution in [1.29, 1.82) is 0 Å². The van der Waals surface area contributed by atoms with E-state index in [1.165, 1.54) is 0 Å². The molecule has 2 N–H and O–H groups in total. The number of alkyl halides is 1. The fourth-order valence-electron chi connectivity index (χ4n) is 0.128. The molecule has 4 heteroatoms. The third-order valence-corrected chi connectivity index (χ3v) is 0.849. The van der Waals surface area contributed by atoms with Gasteiger partial charge in [0.1, 0.15) is 4.61 Å². The molecule has 7 heavy (non-hydrogen) atoms. The van der Waals surface area contributed by atoms with Crippen molar-refractivity contribution in [3.8, 4) is 0 Å². The van der Waals surface area contributed by atoms with Gasteiger partial charge in [-0.15, -0.1) is 0 Å². The van der Waals surface area contributed by atoms with Crippen molar-refractivity contribution in [2.75, 3.05) is 4.61 Å². The van der Waals surface area contributed by atoms with Gasteiger partial charge in [-0.05, 0) is 6.92 Å². The number of rotatable bonds is 3. The minimum absolute atomic E-state index is 0.281. The molecular formula is C3H8INO2. The van der Waals surface area contributed by atoms with Crippen LogP contribution in [0.4, 0.5) is 0 Å². The molecule has 0 heterocycles. The van der Waals surface area contributed by atoms with Crippen LogP contribution in [0.15, 0.2) is 0 Å². The Bertz CT molecular complexity index is 43.9. The largest absolute Gasteiger partial charge is 0.341 e. The molecule has 0 aromatic heterocycles. The zero-order valence-electron chi connectivity index (χ0n) is 4.06. The maximum absolute atomic E-state index is 4.83. The van der Waals surface area contributed by atoms with Gasteiger partial charge in [-0.1, -0.05) is 22.6 Å². The van der Waals surface area contributed by atoms with Crippen LogP contribution in [-0.4, -0.2) is 10.9 Å². The first-order valence-electron chi connectivity index (χ1n) is 1.84. The van der Waals surface area contributed by atoms with Crippen LogP contribution in [0.2, 0.25) is 0 Å². The number of hydrogen-bond acceptors (Lipinski definition) is 3. The monoisotopic (exact) mass is 217 g/mol. The van der Waals surface area contributed by atoms with Gasteiger partial charge in [0.05, 0.1) is 0 Å². The first kappa shape index (κ1) is 7.61. The van der Waals surface area contributed by atoms with Crippen molar-refractivity contribution in [3.05, 3.63) is 0 Å². The van der Waals surface area contributed by atoms with Crippen LogP contribution in [0.25, 0.3) is 0 Å². The Morgan fingerprint density at radius 1 is 1.86 bits per heavy atom. The average Bonchev–Trinajstić information content (AvgIpc) is 1.68. The Morgan fingerprint density at radius 2 is 2.43 bits per heavy atom. The van der Waals surface area contributed by atoms with Crippen LogP contribution >= 0.6 is 22.6 Å². The molecule has 0 bridgehead atoms. The molecule has 0 rings (SSSR count). The molecule has 3 nitrogen and oxygen atoms in total. The second-order valence-corrected chi connectivity index (χ2v) is 1.60. The Labute approximate surface area is 56.3 Å². The van der Waals surface area contributed by atoms with E-state index in [1.54, 1.807) is 6.92 Å². The van der Waals surface area contributed by atoms with Gasteiger partial charge in [-0.25, -0.2) is 5.90 Å². The number of ether oxygens (including phenoxy) is 1. The summed E-state index contributed by atoms with van der Waals surface area (Å²) >= 11 is 2.07. The highest BCUT2D eigenvalue weighted by molar-refractivity contribution is 14.1. The number of nitrogens with two attached hydrogens (primary N) is 1. The summed E-state index contributed by atoms with van der Waals surface area (Å²) in [6.45, 7) is 1.73. The molecule has 0 fully saturated rings. The zero-order chi connectivity index (χ0) is 5.70. The van der Waals surface area contributed by atoms with Crippen LogP contribution < -0.4 is 5.90 Å². The minimum Gasteiger partial charge on any atom is -0.341 e. The fourth-order valence-corrected chi connectivity index (χ4v) is 0.634. The Hall–Kier alpha value is 0.610. The third-order valence-electron chi connectivity index (χ3n) is 0.489. The van der Waals surface area contributed by atoms with E-state index in [9.17, 15) is 0 Å². The minimum atomic E-state index is -0.281. The van der Waals surface area contributed by atoms with Crippen molar-refractivity contribution in [2.24, 2.45) is 5.90 Å². The summed E-state index contributed by atoms with van der Waals surface area (Å²) in [5.41, 5.74) is 0. The van der Waals surface area contributed by atoms with Crippen molar-refractivity contribution in [3.63, 3.8) is 0 Å². The van der Waals surface area contributed by atoms with Gasteiger partial charge in [0.15, 0.2) is 6.29 Å². The van der Waals surface area contributed by atoms with E-state index in [2.05, 4.69) is 27.4 Å². The van der Waals surface area contributed by atoms with E-state index < -0.39 is 0 Å². The molecule has 0 saturated carbocycles. The molecular weight excluding hydrogens is 209 g/mol. The number of hydrogen-bond donors (Lipinski definition) is 1. The van der Waals surface area contributed by atoms with Crippen LogP contribution in [0.5, 0.6) is 0 Å². The maximum atomic E-state index is 4.83. The normalized spacial score (nSPS) is 14.1. The van der Waals surface area contributed by atoms with Gasteiger partial charge in [-0.3, -0.25) is 4.84 Å². The van der Waals surface area contributed by atoms with Crippen LogP contribution in [0, 0.1) is 0 Å². The van der Waals surface area contributed by atoms with Crippen LogP contribution in [0.3, 0.4) is 0 Å². The molecule has 0 saturated heterocycles. The van der Waals surface area contributed by atoms with E-state index in [1.807, 2.05) is 0 Å². The van der Waals surface area contributed by atoms with Gasteiger partial charge < -0.3 is 4.74 Å². The average molecular weight is 217 g/mol. The summed E-state index contributed by atoms with van der Waals surface area (Å²) in [7, 11) is 0. The predicted octanol–water partition coefficient (Wildman–Crippen LogP) is 0.632. The smallest absolute Gasteiger partial charge is 0.175 e. The molecule has 1 atom stereocenters. The van der Waals surface area contributed by atoms with Gasteiger partial charge >= 0.3 is 0 Å². The summed E-state index contributed by atoms with van der Waals surface area (Å²) in [4.78, 5) is 4.26. The van der Waals surface area contributed by atoms with Crippen LogP contribution in [-0.2, 0) is 9.57 Å². The summed E-state index contributed by atoms with van der Waals surface area (Å²) < 4.78 is 5.44. The van der Waals surface area contributed by atoms with Crippen molar-refractivity contribution < 1.29 is 9.57 Å². The third kappa shape index (κ3) is 4.46. The molecule has 0 aliphatic heterocycles. The second-order valence-electron chi connectivity index (χ2n) is 0.979. The summed E-state index contributed by atoms with van der Waals surface area (Å²) in [5, 5.41) is 0. The van der Waals surface area contributed by atoms with E-state index >= 15 is 0 Å². The van der Waals surface area contributed by atoms with Crippen molar-refractivity contribution >= 4 is 22.6 Å². The first-order valence-corrected chi connectivity index (χ1v) is 3.37.